The van der Waals surface area contributed by atoms with Crippen LogP contribution in [-0.2, 0) is 4.74 Å². The van der Waals surface area contributed by atoms with Gasteiger partial charge in [-0.1, -0.05) is 35.1 Å². The Morgan fingerprint density at radius 2 is 1.96 bits per heavy atom. The minimum atomic E-state index is -0.180. The molecular weight excluding hydrogens is 316 g/mol. The number of carbonyl (C=O) groups is 1. The molecule has 0 N–H and O–H groups in total. The summed E-state index contributed by atoms with van der Waals surface area (Å²) in [5.41, 5.74) is 2.48. The number of piperidine rings is 1. The Labute approximate surface area is 147 Å². The Kier molecular flexibility index (Phi) is 4.13. The van der Waals surface area contributed by atoms with Crippen molar-refractivity contribution in [3.8, 4) is 5.69 Å². The molecule has 4 rings (SSSR count). The number of carbonyl (C=O) groups excluding carboxylic acids is 1. The molecule has 3 heterocycles. The number of amides is 1. The molecular formula is C19H22N4O2. The highest BCUT2D eigenvalue weighted by Crippen LogP contribution is 2.33. The first-order valence-corrected chi connectivity index (χ1v) is 8.75. The highest BCUT2D eigenvalue weighted by atomic mass is 16.5. The van der Waals surface area contributed by atoms with Gasteiger partial charge in [0, 0.05) is 13.1 Å². The third-order valence-corrected chi connectivity index (χ3v) is 5.03. The van der Waals surface area contributed by atoms with E-state index in [-0.39, 0.29) is 11.5 Å². The maximum absolute atomic E-state index is 12.7. The van der Waals surface area contributed by atoms with E-state index >= 15 is 0 Å². The van der Waals surface area contributed by atoms with Crippen molar-refractivity contribution in [3.63, 3.8) is 0 Å². The molecule has 1 spiro atoms. The molecule has 1 saturated heterocycles. The predicted molar refractivity (Wildman–Crippen MR) is 93.6 cm³/mol. The van der Waals surface area contributed by atoms with E-state index in [0.717, 1.165) is 31.6 Å². The lowest BCUT2D eigenvalue weighted by Gasteiger charge is -2.41. The van der Waals surface area contributed by atoms with Crippen LogP contribution in [0.25, 0.3) is 5.69 Å². The highest BCUT2D eigenvalue weighted by Gasteiger charge is 2.37. The summed E-state index contributed by atoms with van der Waals surface area (Å²) in [6.45, 7) is 4.30. The van der Waals surface area contributed by atoms with Crippen molar-refractivity contribution >= 4 is 5.91 Å². The zero-order valence-corrected chi connectivity index (χ0v) is 14.4. The van der Waals surface area contributed by atoms with Crippen molar-refractivity contribution in [2.24, 2.45) is 0 Å². The SMILES string of the molecule is CC1=CC2(CCN(C(=O)c3cn(-c4ccccc4)nn3)CC2)OCC1. The molecule has 6 heteroatoms. The minimum Gasteiger partial charge on any atom is -0.370 e. The third-order valence-electron chi connectivity index (χ3n) is 5.03. The lowest BCUT2D eigenvalue weighted by molar-refractivity contribution is -0.0522. The number of aromatic nitrogens is 3. The Bertz CT molecular complexity index is 789. The summed E-state index contributed by atoms with van der Waals surface area (Å²) in [6, 6.07) is 9.68. The van der Waals surface area contributed by atoms with Crippen LogP contribution in [0, 0.1) is 0 Å². The number of rotatable bonds is 2. The molecule has 2 aliphatic heterocycles. The number of hydrogen-bond acceptors (Lipinski definition) is 4. The van der Waals surface area contributed by atoms with Crippen molar-refractivity contribution < 1.29 is 9.53 Å². The van der Waals surface area contributed by atoms with Crippen LogP contribution in [0.15, 0.2) is 48.2 Å². The summed E-state index contributed by atoms with van der Waals surface area (Å²) in [5.74, 6) is -0.0615. The standard InChI is InChI=1S/C19H22N4O2/c1-15-7-12-25-19(13-15)8-10-22(11-9-19)18(24)17-14-23(21-20-17)16-5-3-2-4-6-16/h2-6,13-14H,7-12H2,1H3. The third kappa shape index (κ3) is 3.22. The van der Waals surface area contributed by atoms with Gasteiger partial charge in [0.1, 0.15) is 0 Å². The lowest BCUT2D eigenvalue weighted by Crippen LogP contribution is -2.48. The fourth-order valence-electron chi connectivity index (χ4n) is 3.59. The number of benzene rings is 1. The van der Waals surface area contributed by atoms with Crippen LogP contribution >= 0.6 is 0 Å². The molecule has 1 aromatic heterocycles. The zero-order valence-electron chi connectivity index (χ0n) is 14.4. The quantitative estimate of drug-likeness (QED) is 0.790. The van der Waals surface area contributed by atoms with Gasteiger partial charge in [-0.05, 0) is 38.3 Å². The van der Waals surface area contributed by atoms with Crippen LogP contribution < -0.4 is 0 Å². The molecule has 2 aromatic rings. The van der Waals surface area contributed by atoms with Gasteiger partial charge < -0.3 is 9.64 Å². The first-order chi connectivity index (χ1) is 12.2. The van der Waals surface area contributed by atoms with Crippen molar-refractivity contribution in [1.82, 2.24) is 19.9 Å². The molecule has 0 saturated carbocycles. The van der Waals surface area contributed by atoms with Gasteiger partial charge in [-0.25, -0.2) is 4.68 Å². The summed E-state index contributed by atoms with van der Waals surface area (Å²) < 4.78 is 7.66. The van der Waals surface area contributed by atoms with E-state index in [4.69, 9.17) is 4.74 Å². The van der Waals surface area contributed by atoms with E-state index in [9.17, 15) is 4.79 Å². The second-order valence-corrected chi connectivity index (χ2v) is 6.83. The Morgan fingerprint density at radius 3 is 2.68 bits per heavy atom. The molecule has 25 heavy (non-hydrogen) atoms. The van der Waals surface area contributed by atoms with Gasteiger partial charge in [-0.2, -0.15) is 0 Å². The van der Waals surface area contributed by atoms with Gasteiger partial charge in [0.25, 0.3) is 5.91 Å². The average molecular weight is 338 g/mol. The highest BCUT2D eigenvalue weighted by molar-refractivity contribution is 5.92. The average Bonchev–Trinajstić information content (AvgIpc) is 3.13. The van der Waals surface area contributed by atoms with Gasteiger partial charge >= 0.3 is 0 Å². The van der Waals surface area contributed by atoms with Gasteiger partial charge in [0.15, 0.2) is 5.69 Å². The number of nitrogens with zero attached hydrogens (tertiary/aromatic N) is 4. The van der Waals surface area contributed by atoms with E-state index in [2.05, 4.69) is 23.3 Å². The predicted octanol–water partition coefficient (Wildman–Crippen LogP) is 2.61. The lowest BCUT2D eigenvalue weighted by atomic mass is 9.87. The minimum absolute atomic E-state index is 0.0615. The molecule has 1 aromatic carbocycles. The van der Waals surface area contributed by atoms with Crippen LogP contribution in [0.4, 0.5) is 0 Å². The van der Waals surface area contributed by atoms with Gasteiger partial charge in [0.2, 0.25) is 0 Å². The van der Waals surface area contributed by atoms with Crippen LogP contribution in [0.1, 0.15) is 36.7 Å². The molecule has 0 bridgehead atoms. The van der Waals surface area contributed by atoms with Gasteiger partial charge in [0.05, 0.1) is 24.1 Å². The maximum Gasteiger partial charge on any atom is 0.276 e. The van der Waals surface area contributed by atoms with Gasteiger partial charge in [-0.3, -0.25) is 4.79 Å². The van der Waals surface area contributed by atoms with Crippen LogP contribution in [0.3, 0.4) is 0 Å². The number of para-hydroxylation sites is 1. The Morgan fingerprint density at radius 1 is 1.20 bits per heavy atom. The van der Waals surface area contributed by atoms with Crippen LogP contribution in [-0.4, -0.2) is 51.1 Å². The number of ether oxygens (including phenoxy) is 1. The van der Waals surface area contributed by atoms with Crippen molar-refractivity contribution in [2.75, 3.05) is 19.7 Å². The summed E-state index contributed by atoms with van der Waals surface area (Å²) in [7, 11) is 0. The van der Waals surface area contributed by atoms with Gasteiger partial charge in [-0.15, -0.1) is 5.10 Å². The largest absolute Gasteiger partial charge is 0.370 e. The number of hydrogen-bond donors (Lipinski definition) is 0. The fraction of sp³-hybridized carbons (Fsp3) is 0.421. The van der Waals surface area contributed by atoms with E-state index in [1.54, 1.807) is 10.9 Å². The van der Waals surface area contributed by atoms with Crippen LogP contribution in [0.2, 0.25) is 0 Å². The smallest absolute Gasteiger partial charge is 0.276 e. The van der Waals surface area contributed by atoms with Crippen molar-refractivity contribution in [1.29, 1.82) is 0 Å². The first kappa shape index (κ1) is 16.0. The van der Waals surface area contributed by atoms with E-state index in [1.165, 1.54) is 5.57 Å². The molecule has 2 aliphatic rings. The molecule has 0 radical (unpaired) electrons. The molecule has 0 unspecified atom stereocenters. The summed E-state index contributed by atoms with van der Waals surface area (Å²) in [4.78, 5) is 14.6. The second kappa shape index (κ2) is 6.44. The normalized spacial score (nSPS) is 19.7. The molecule has 1 amide bonds. The molecule has 130 valence electrons. The summed E-state index contributed by atoms with van der Waals surface area (Å²) >= 11 is 0. The fourth-order valence-corrected chi connectivity index (χ4v) is 3.59. The molecule has 0 atom stereocenters. The summed E-state index contributed by atoms with van der Waals surface area (Å²) in [6.07, 6.45) is 6.63. The van der Waals surface area contributed by atoms with E-state index in [1.807, 2.05) is 35.2 Å². The van der Waals surface area contributed by atoms with Crippen molar-refractivity contribution in [2.45, 2.75) is 31.8 Å². The number of likely N-dealkylation sites (tertiary alicyclic amines) is 1. The van der Waals surface area contributed by atoms with E-state index < -0.39 is 0 Å². The topological polar surface area (TPSA) is 60.2 Å². The van der Waals surface area contributed by atoms with E-state index in [0.29, 0.717) is 18.8 Å². The maximum atomic E-state index is 12.7. The summed E-state index contributed by atoms with van der Waals surface area (Å²) in [5, 5.41) is 8.14. The molecule has 0 aliphatic carbocycles. The van der Waals surface area contributed by atoms with Crippen molar-refractivity contribution in [3.05, 3.63) is 53.9 Å². The first-order valence-electron chi connectivity index (χ1n) is 8.75. The Balaban J connectivity index is 1.45. The monoisotopic (exact) mass is 338 g/mol. The zero-order chi connectivity index (χ0) is 17.3. The second-order valence-electron chi connectivity index (χ2n) is 6.83. The Hall–Kier alpha value is -2.47. The molecule has 1 fully saturated rings. The van der Waals surface area contributed by atoms with Crippen LogP contribution in [0.5, 0.6) is 0 Å². The molecule has 6 nitrogen and oxygen atoms in total.